The minimum Gasteiger partial charge on any atom is -0.550 e. The van der Waals surface area contributed by atoms with Crippen molar-refractivity contribution in [2.75, 3.05) is 23.5 Å². The number of methoxy groups -OCH3 is 1. The smallest absolute Gasteiger partial charge is 0.248 e. The fourth-order valence-electron chi connectivity index (χ4n) is 3.22. The number of hydrogen-bond acceptors (Lipinski definition) is 7. The van der Waals surface area contributed by atoms with Gasteiger partial charge in [0.1, 0.15) is 5.75 Å². The third kappa shape index (κ3) is 4.44. The van der Waals surface area contributed by atoms with E-state index in [-0.39, 0.29) is 42.1 Å². The van der Waals surface area contributed by atoms with Gasteiger partial charge in [0.05, 0.1) is 30.3 Å². The van der Waals surface area contributed by atoms with Gasteiger partial charge in [-0.05, 0) is 25.0 Å². The summed E-state index contributed by atoms with van der Waals surface area (Å²) in [6.45, 7) is 0. The van der Waals surface area contributed by atoms with Gasteiger partial charge in [0, 0.05) is 17.6 Å². The van der Waals surface area contributed by atoms with Gasteiger partial charge in [0.15, 0.2) is 15.0 Å². The molecule has 27 heavy (non-hydrogen) atoms. The highest BCUT2D eigenvalue weighted by molar-refractivity contribution is 8.16. The predicted molar refractivity (Wildman–Crippen MR) is 101 cm³/mol. The normalized spacial score (nSPS) is 24.8. The van der Waals surface area contributed by atoms with E-state index >= 15 is 0 Å². The lowest BCUT2D eigenvalue weighted by atomic mass is 10.2. The van der Waals surface area contributed by atoms with Crippen molar-refractivity contribution in [3.05, 3.63) is 24.3 Å². The van der Waals surface area contributed by atoms with Crippen molar-refractivity contribution in [3.63, 3.8) is 0 Å². The summed E-state index contributed by atoms with van der Waals surface area (Å²) < 4.78 is 29.5. The summed E-state index contributed by atoms with van der Waals surface area (Å²) in [7, 11) is -1.64. The molecule has 0 spiro atoms. The highest BCUT2D eigenvalue weighted by atomic mass is 32.2. The molecule has 0 bridgehead atoms. The van der Waals surface area contributed by atoms with Crippen LogP contribution in [0.1, 0.15) is 19.3 Å². The largest absolute Gasteiger partial charge is 0.550 e. The molecule has 2 aliphatic rings. The van der Waals surface area contributed by atoms with Gasteiger partial charge in [-0.25, -0.2) is 8.42 Å². The number of carboxylic acid groups (broad SMARTS) is 1. The monoisotopic (exact) mass is 411 g/mol. The molecule has 10 heteroatoms. The summed E-state index contributed by atoms with van der Waals surface area (Å²) in [6, 6.07) is 6.83. The highest BCUT2D eigenvalue weighted by Gasteiger charge is 2.49. The SMILES string of the molecule is COc1ccccc1N1C(=NC(=O)CCCC(=O)[O-])S[C@@H]2CS(=O)(=O)C[C@@H]21. The van der Waals surface area contributed by atoms with E-state index in [0.29, 0.717) is 16.6 Å². The summed E-state index contributed by atoms with van der Waals surface area (Å²) in [6.07, 6.45) is -0.0621. The summed E-state index contributed by atoms with van der Waals surface area (Å²) in [5.74, 6) is -1.07. The summed E-state index contributed by atoms with van der Waals surface area (Å²) in [5.41, 5.74) is 0.651. The van der Waals surface area contributed by atoms with Crippen molar-refractivity contribution in [2.45, 2.75) is 30.6 Å². The van der Waals surface area contributed by atoms with E-state index in [4.69, 9.17) is 4.74 Å². The molecule has 2 atom stereocenters. The lowest BCUT2D eigenvalue weighted by Gasteiger charge is -2.26. The van der Waals surface area contributed by atoms with Crippen molar-refractivity contribution in [2.24, 2.45) is 4.99 Å². The zero-order chi connectivity index (χ0) is 19.6. The minimum absolute atomic E-state index is 0.00850. The Kier molecular flexibility index (Phi) is 5.75. The second kappa shape index (κ2) is 7.89. The number of rotatable bonds is 6. The number of anilines is 1. The van der Waals surface area contributed by atoms with Gasteiger partial charge < -0.3 is 19.5 Å². The molecular weight excluding hydrogens is 392 g/mol. The molecule has 3 rings (SSSR count). The van der Waals surface area contributed by atoms with Crippen molar-refractivity contribution >= 4 is 44.3 Å². The van der Waals surface area contributed by atoms with Gasteiger partial charge in [0.2, 0.25) is 5.91 Å². The minimum atomic E-state index is -3.16. The van der Waals surface area contributed by atoms with Crippen molar-refractivity contribution in [1.82, 2.24) is 0 Å². The number of hydrogen-bond donors (Lipinski definition) is 0. The molecule has 2 saturated heterocycles. The second-order valence-electron chi connectivity index (χ2n) is 6.36. The predicted octanol–water partition coefficient (Wildman–Crippen LogP) is 0.217. The Morgan fingerprint density at radius 2 is 2.04 bits per heavy atom. The first-order valence-corrected chi connectivity index (χ1v) is 11.1. The molecule has 1 aromatic carbocycles. The summed E-state index contributed by atoms with van der Waals surface area (Å²) in [4.78, 5) is 28.6. The Bertz CT molecular complexity index is 883. The third-order valence-corrected chi connectivity index (χ3v) is 7.61. The molecule has 2 fully saturated rings. The number of aliphatic carboxylic acids is 1. The zero-order valence-electron chi connectivity index (χ0n) is 14.7. The number of amides is 1. The van der Waals surface area contributed by atoms with Gasteiger partial charge in [-0.15, -0.1) is 0 Å². The van der Waals surface area contributed by atoms with Crippen LogP contribution in [-0.4, -0.2) is 55.4 Å². The number of benzene rings is 1. The summed E-state index contributed by atoms with van der Waals surface area (Å²) in [5, 5.41) is 10.7. The topological polar surface area (TPSA) is 116 Å². The average Bonchev–Trinajstić information content (AvgIpc) is 3.05. The molecule has 2 aliphatic heterocycles. The Hall–Kier alpha value is -2.07. The van der Waals surface area contributed by atoms with Gasteiger partial charge in [0.25, 0.3) is 0 Å². The van der Waals surface area contributed by atoms with Crippen LogP contribution in [0.5, 0.6) is 5.75 Å². The van der Waals surface area contributed by atoms with Gasteiger partial charge in [-0.1, -0.05) is 23.9 Å². The maximum atomic E-state index is 12.2. The van der Waals surface area contributed by atoms with E-state index in [0.717, 1.165) is 0 Å². The molecular formula is C17H19N2O6S2-. The van der Waals surface area contributed by atoms with E-state index in [9.17, 15) is 23.1 Å². The molecule has 2 heterocycles. The molecule has 0 saturated carbocycles. The van der Waals surface area contributed by atoms with Crippen LogP contribution < -0.4 is 14.7 Å². The Morgan fingerprint density at radius 3 is 2.74 bits per heavy atom. The Morgan fingerprint density at radius 1 is 1.30 bits per heavy atom. The fraction of sp³-hybridized carbons (Fsp3) is 0.471. The average molecular weight is 411 g/mol. The first kappa shape index (κ1) is 19.7. The molecule has 0 radical (unpaired) electrons. The second-order valence-corrected chi connectivity index (χ2v) is 9.72. The number of amidine groups is 1. The Labute approximate surface area is 161 Å². The molecule has 1 aromatic rings. The third-order valence-electron chi connectivity index (χ3n) is 4.40. The molecule has 0 aliphatic carbocycles. The van der Waals surface area contributed by atoms with Crippen LogP contribution in [0.4, 0.5) is 5.69 Å². The molecule has 146 valence electrons. The van der Waals surface area contributed by atoms with Gasteiger partial charge in [-0.2, -0.15) is 4.99 Å². The number of para-hydroxylation sites is 2. The van der Waals surface area contributed by atoms with Crippen molar-refractivity contribution in [3.8, 4) is 5.75 Å². The van der Waals surface area contributed by atoms with Crippen LogP contribution in [0.15, 0.2) is 29.3 Å². The van der Waals surface area contributed by atoms with Crippen molar-refractivity contribution in [1.29, 1.82) is 0 Å². The lowest BCUT2D eigenvalue weighted by molar-refractivity contribution is -0.305. The summed E-state index contributed by atoms with van der Waals surface area (Å²) >= 11 is 1.27. The number of sulfone groups is 1. The van der Waals surface area contributed by atoms with Crippen LogP contribution in [0.3, 0.4) is 0 Å². The van der Waals surface area contributed by atoms with E-state index in [1.165, 1.54) is 18.9 Å². The zero-order valence-corrected chi connectivity index (χ0v) is 16.3. The Balaban J connectivity index is 1.90. The van der Waals surface area contributed by atoms with Crippen LogP contribution in [0.2, 0.25) is 0 Å². The van der Waals surface area contributed by atoms with Crippen LogP contribution >= 0.6 is 11.8 Å². The van der Waals surface area contributed by atoms with Crippen LogP contribution in [0, 0.1) is 0 Å². The molecule has 0 N–H and O–H groups in total. The fourth-order valence-corrected chi connectivity index (χ4v) is 7.15. The quantitative estimate of drug-likeness (QED) is 0.653. The first-order valence-electron chi connectivity index (χ1n) is 8.41. The number of carbonyl (C=O) groups is 2. The molecule has 0 aromatic heterocycles. The number of carboxylic acids is 1. The number of thioether (sulfide) groups is 1. The van der Waals surface area contributed by atoms with E-state index in [1.54, 1.807) is 29.2 Å². The van der Waals surface area contributed by atoms with E-state index in [2.05, 4.69) is 4.99 Å². The standard InChI is InChI=1S/C17H20N2O6S2/c1-25-13-6-3-2-5-11(13)19-12-9-27(23,24)10-14(12)26-17(19)18-15(20)7-4-8-16(21)22/h2-3,5-6,12,14H,4,7-10H2,1H3,(H,21,22)/p-1/t12-,14+/m0/s1. The van der Waals surface area contributed by atoms with E-state index < -0.39 is 21.7 Å². The maximum Gasteiger partial charge on any atom is 0.248 e. The molecule has 1 amide bonds. The van der Waals surface area contributed by atoms with Crippen LogP contribution in [-0.2, 0) is 19.4 Å². The molecule has 0 unspecified atom stereocenters. The molecule has 8 nitrogen and oxygen atoms in total. The number of carbonyl (C=O) groups excluding carboxylic acids is 2. The van der Waals surface area contributed by atoms with Gasteiger partial charge in [-0.3, -0.25) is 4.79 Å². The van der Waals surface area contributed by atoms with E-state index in [1.807, 2.05) is 0 Å². The maximum absolute atomic E-state index is 12.2. The van der Waals surface area contributed by atoms with Crippen LogP contribution in [0.25, 0.3) is 0 Å². The first-order chi connectivity index (χ1) is 12.8. The lowest BCUT2D eigenvalue weighted by Crippen LogP contribution is -2.38. The number of nitrogens with zero attached hydrogens (tertiary/aromatic N) is 2. The van der Waals surface area contributed by atoms with Gasteiger partial charge >= 0.3 is 0 Å². The number of aliphatic imine (C=N–C) groups is 1. The number of fused-ring (bicyclic) bond motifs is 1. The number of ether oxygens (including phenoxy) is 1. The highest BCUT2D eigenvalue weighted by Crippen LogP contribution is 2.43. The van der Waals surface area contributed by atoms with Crippen molar-refractivity contribution < 1.29 is 27.9 Å².